The molecular weight excluding hydrogens is 180 g/mol. The summed E-state index contributed by atoms with van der Waals surface area (Å²) in [6, 6.07) is 7.19. The van der Waals surface area contributed by atoms with Crippen LogP contribution in [0.5, 0.6) is 0 Å². The second-order valence-corrected chi connectivity index (χ2v) is 3.12. The molecule has 0 heterocycles. The van der Waals surface area contributed by atoms with E-state index < -0.39 is 12.5 Å². The fraction of sp³-hybridized carbons (Fsp3) is 0.300. The van der Waals surface area contributed by atoms with E-state index in [1.807, 2.05) is 19.1 Å². The Kier molecular flexibility index (Phi) is 3.62. The summed E-state index contributed by atoms with van der Waals surface area (Å²) < 4.78 is 0. The minimum absolute atomic E-state index is 0.0161. The van der Waals surface area contributed by atoms with Gasteiger partial charge in [0, 0.05) is 11.7 Å². The number of carbonyl (C=O) groups excluding carboxylic acids is 1. The van der Waals surface area contributed by atoms with Gasteiger partial charge in [-0.1, -0.05) is 12.1 Å². The topological polar surface area (TPSA) is 75.3 Å². The van der Waals surface area contributed by atoms with E-state index in [1.165, 1.54) is 0 Å². The van der Waals surface area contributed by atoms with Crippen molar-refractivity contribution >= 4 is 11.6 Å². The number of aliphatic hydroxyl groups is 1. The highest BCUT2D eigenvalue weighted by Crippen LogP contribution is 2.13. The summed E-state index contributed by atoms with van der Waals surface area (Å²) in [6.07, 6.45) is 0. The molecule has 4 N–H and O–H groups in total. The van der Waals surface area contributed by atoms with Gasteiger partial charge in [0.2, 0.25) is 5.91 Å². The Hall–Kier alpha value is -1.39. The van der Waals surface area contributed by atoms with E-state index in [9.17, 15) is 4.79 Å². The lowest BCUT2D eigenvalue weighted by Crippen LogP contribution is -2.15. The number of carbonyl (C=O) groups is 1. The molecule has 1 amide bonds. The van der Waals surface area contributed by atoms with Crippen molar-refractivity contribution in [3.8, 4) is 0 Å². The van der Waals surface area contributed by atoms with Gasteiger partial charge in [0.15, 0.2) is 0 Å². The van der Waals surface area contributed by atoms with Gasteiger partial charge < -0.3 is 16.2 Å². The Morgan fingerprint density at radius 2 is 2.07 bits per heavy atom. The van der Waals surface area contributed by atoms with E-state index in [4.69, 9.17) is 10.8 Å². The molecule has 0 aliphatic heterocycles. The molecular formula is C10H14N2O2. The number of nitrogens with two attached hydrogens (primary N) is 1. The monoisotopic (exact) mass is 194 g/mol. The van der Waals surface area contributed by atoms with Crippen molar-refractivity contribution in [3.05, 3.63) is 29.8 Å². The van der Waals surface area contributed by atoms with E-state index in [0.717, 1.165) is 5.56 Å². The molecule has 0 aliphatic rings. The van der Waals surface area contributed by atoms with Crippen molar-refractivity contribution in [3.63, 3.8) is 0 Å². The van der Waals surface area contributed by atoms with E-state index >= 15 is 0 Å². The third-order valence-electron chi connectivity index (χ3n) is 1.86. The van der Waals surface area contributed by atoms with Crippen molar-refractivity contribution in [1.82, 2.24) is 0 Å². The first-order valence-corrected chi connectivity index (χ1v) is 4.39. The minimum atomic E-state index is -0.505. The summed E-state index contributed by atoms with van der Waals surface area (Å²) in [7, 11) is 0. The zero-order valence-electron chi connectivity index (χ0n) is 8.03. The van der Waals surface area contributed by atoms with Crippen LogP contribution in [0, 0.1) is 0 Å². The predicted octanol–water partition coefficient (Wildman–Crippen LogP) is 0.637. The number of amides is 1. The zero-order chi connectivity index (χ0) is 10.6. The van der Waals surface area contributed by atoms with Gasteiger partial charge in [-0.05, 0) is 24.6 Å². The molecule has 1 aromatic carbocycles. The Morgan fingerprint density at radius 3 is 2.50 bits per heavy atom. The highest BCUT2D eigenvalue weighted by molar-refractivity contribution is 5.91. The van der Waals surface area contributed by atoms with Crippen LogP contribution in [0.25, 0.3) is 0 Å². The van der Waals surface area contributed by atoms with Crippen LogP contribution in [0.4, 0.5) is 5.69 Å². The molecule has 0 saturated heterocycles. The highest BCUT2D eigenvalue weighted by atomic mass is 16.3. The lowest BCUT2D eigenvalue weighted by Gasteiger charge is -2.07. The zero-order valence-corrected chi connectivity index (χ0v) is 8.03. The molecule has 0 fully saturated rings. The molecule has 0 aliphatic carbocycles. The van der Waals surface area contributed by atoms with Crippen LogP contribution < -0.4 is 11.1 Å². The van der Waals surface area contributed by atoms with Crippen LogP contribution in [0.2, 0.25) is 0 Å². The molecule has 1 unspecified atom stereocenters. The quantitative estimate of drug-likeness (QED) is 0.660. The van der Waals surface area contributed by atoms with E-state index in [1.54, 1.807) is 12.1 Å². The van der Waals surface area contributed by atoms with Crippen LogP contribution in [0.15, 0.2) is 24.3 Å². The molecule has 1 atom stereocenters. The summed E-state index contributed by atoms with van der Waals surface area (Å²) in [5.41, 5.74) is 7.33. The molecule has 4 heteroatoms. The largest absolute Gasteiger partial charge is 0.387 e. The summed E-state index contributed by atoms with van der Waals surface area (Å²) in [5.74, 6) is -0.418. The van der Waals surface area contributed by atoms with E-state index in [-0.39, 0.29) is 6.04 Å². The first kappa shape index (κ1) is 10.7. The van der Waals surface area contributed by atoms with Crippen molar-refractivity contribution in [2.45, 2.75) is 13.0 Å². The predicted molar refractivity (Wildman–Crippen MR) is 54.8 cm³/mol. The first-order chi connectivity index (χ1) is 6.63. The first-order valence-electron chi connectivity index (χ1n) is 4.39. The number of hydrogen-bond donors (Lipinski definition) is 3. The maximum absolute atomic E-state index is 10.8. The Labute approximate surface area is 82.7 Å². The molecule has 14 heavy (non-hydrogen) atoms. The standard InChI is InChI=1S/C10H14N2O2/c1-7(11)8-2-4-9(5-3-8)12-10(14)6-13/h2-5,7,13H,6,11H2,1H3,(H,12,14). The number of hydrogen-bond acceptors (Lipinski definition) is 3. The van der Waals surface area contributed by atoms with Crippen LogP contribution in [0.3, 0.4) is 0 Å². The molecule has 0 bridgehead atoms. The van der Waals surface area contributed by atoms with Crippen LogP contribution in [0.1, 0.15) is 18.5 Å². The SMILES string of the molecule is CC(N)c1ccc(NC(=O)CO)cc1. The average Bonchev–Trinajstić information content (AvgIpc) is 2.18. The minimum Gasteiger partial charge on any atom is -0.387 e. The Bertz CT molecular complexity index is 306. The molecule has 1 rings (SSSR count). The van der Waals surface area contributed by atoms with E-state index in [2.05, 4.69) is 5.32 Å². The van der Waals surface area contributed by atoms with Gasteiger partial charge >= 0.3 is 0 Å². The Balaban J connectivity index is 2.69. The van der Waals surface area contributed by atoms with Gasteiger partial charge in [0.1, 0.15) is 6.61 Å². The average molecular weight is 194 g/mol. The number of nitrogens with one attached hydrogen (secondary N) is 1. The smallest absolute Gasteiger partial charge is 0.250 e. The lowest BCUT2D eigenvalue weighted by molar-refractivity contribution is -0.118. The van der Waals surface area contributed by atoms with Gasteiger partial charge in [-0.3, -0.25) is 4.79 Å². The fourth-order valence-corrected chi connectivity index (χ4v) is 1.07. The van der Waals surface area contributed by atoms with Crippen molar-refractivity contribution in [1.29, 1.82) is 0 Å². The van der Waals surface area contributed by atoms with Gasteiger partial charge in [-0.25, -0.2) is 0 Å². The number of anilines is 1. The van der Waals surface area contributed by atoms with E-state index in [0.29, 0.717) is 5.69 Å². The number of aliphatic hydroxyl groups excluding tert-OH is 1. The molecule has 4 nitrogen and oxygen atoms in total. The van der Waals surface area contributed by atoms with Crippen molar-refractivity contribution in [2.24, 2.45) is 5.73 Å². The summed E-state index contributed by atoms with van der Waals surface area (Å²) in [5, 5.41) is 11.0. The highest BCUT2D eigenvalue weighted by Gasteiger charge is 2.01. The summed E-state index contributed by atoms with van der Waals surface area (Å²) in [4.78, 5) is 10.8. The second-order valence-electron chi connectivity index (χ2n) is 3.12. The van der Waals surface area contributed by atoms with Crippen LogP contribution in [-0.4, -0.2) is 17.6 Å². The molecule has 0 saturated carbocycles. The number of rotatable bonds is 3. The normalized spacial score (nSPS) is 12.2. The molecule has 0 radical (unpaired) electrons. The molecule has 1 aromatic rings. The van der Waals surface area contributed by atoms with Crippen LogP contribution in [-0.2, 0) is 4.79 Å². The van der Waals surface area contributed by atoms with Gasteiger partial charge in [-0.2, -0.15) is 0 Å². The van der Waals surface area contributed by atoms with Crippen LogP contribution >= 0.6 is 0 Å². The van der Waals surface area contributed by atoms with Crippen molar-refractivity contribution in [2.75, 3.05) is 11.9 Å². The Morgan fingerprint density at radius 1 is 1.50 bits per heavy atom. The summed E-state index contributed by atoms with van der Waals surface area (Å²) >= 11 is 0. The third kappa shape index (κ3) is 2.83. The molecule has 0 aromatic heterocycles. The number of benzene rings is 1. The summed E-state index contributed by atoms with van der Waals surface area (Å²) in [6.45, 7) is 1.39. The third-order valence-corrected chi connectivity index (χ3v) is 1.86. The molecule has 0 spiro atoms. The second kappa shape index (κ2) is 4.74. The molecule has 76 valence electrons. The maximum atomic E-state index is 10.8. The van der Waals surface area contributed by atoms with Crippen molar-refractivity contribution < 1.29 is 9.90 Å². The van der Waals surface area contributed by atoms with Gasteiger partial charge in [0.05, 0.1) is 0 Å². The van der Waals surface area contributed by atoms with Gasteiger partial charge in [-0.15, -0.1) is 0 Å². The fourth-order valence-electron chi connectivity index (χ4n) is 1.07. The lowest BCUT2D eigenvalue weighted by atomic mass is 10.1. The van der Waals surface area contributed by atoms with Gasteiger partial charge in [0.25, 0.3) is 0 Å². The maximum Gasteiger partial charge on any atom is 0.250 e.